The average Bonchev–Trinajstić information content (AvgIpc) is 2.08. The summed E-state index contributed by atoms with van der Waals surface area (Å²) < 4.78 is 0. The van der Waals surface area contributed by atoms with Crippen LogP contribution in [-0.4, -0.2) is 13.3 Å². The van der Waals surface area contributed by atoms with E-state index in [0.29, 0.717) is 0 Å². The number of halogens is 1. The highest BCUT2D eigenvalue weighted by molar-refractivity contribution is 6.13. The first-order valence-corrected chi connectivity index (χ1v) is 3.55. The third-order valence-electron chi connectivity index (χ3n) is 0.966. The van der Waals surface area contributed by atoms with Gasteiger partial charge >= 0.3 is 0 Å². The summed E-state index contributed by atoms with van der Waals surface area (Å²) in [7, 11) is 1.64. The lowest BCUT2D eigenvalue weighted by atomic mass is 10.2. The van der Waals surface area contributed by atoms with Crippen LogP contribution in [0.1, 0.15) is 5.56 Å². The minimum Gasteiger partial charge on any atom is -0.308 e. The van der Waals surface area contributed by atoms with Crippen LogP contribution >= 0.6 is 11.8 Å². The molecule has 11 heavy (non-hydrogen) atoms. The minimum absolute atomic E-state index is 0.951. The molecule has 1 aromatic rings. The van der Waals surface area contributed by atoms with E-state index >= 15 is 0 Å². The third kappa shape index (κ3) is 5.58. The first-order valence-electron chi connectivity index (χ1n) is 3.18. The molecule has 0 aliphatic heterocycles. The molecule has 0 amide bonds. The van der Waals surface area contributed by atoms with Crippen molar-refractivity contribution in [2.45, 2.75) is 0 Å². The number of rotatable bonds is 1. The highest BCUT2D eigenvalue weighted by atomic mass is 35.5. The zero-order valence-corrected chi connectivity index (χ0v) is 7.10. The van der Waals surface area contributed by atoms with Crippen LogP contribution in [0.4, 0.5) is 0 Å². The van der Waals surface area contributed by atoms with E-state index in [1.807, 2.05) is 30.3 Å². The van der Waals surface area contributed by atoms with Crippen LogP contribution in [0.3, 0.4) is 0 Å². The second-order valence-corrected chi connectivity index (χ2v) is 2.12. The van der Waals surface area contributed by atoms with Gasteiger partial charge in [0, 0.05) is 6.21 Å². The predicted octanol–water partition coefficient (Wildman–Crippen LogP) is 2.04. The molecule has 0 radical (unpaired) electrons. The van der Waals surface area contributed by atoms with E-state index in [1.54, 1.807) is 7.05 Å². The molecule has 0 spiro atoms. The summed E-state index contributed by atoms with van der Waals surface area (Å²) in [4.78, 5) is 2.22. The van der Waals surface area contributed by atoms with Gasteiger partial charge in [-0.1, -0.05) is 30.3 Å². The molecule has 0 fully saturated rings. The lowest BCUT2D eigenvalue weighted by Gasteiger charge is -1.84. The maximum atomic E-state index is 6.82. The molecule has 0 atom stereocenters. The van der Waals surface area contributed by atoms with Crippen molar-refractivity contribution in [3.05, 3.63) is 35.9 Å². The molecule has 2 N–H and O–H groups in total. The number of hydrogen-bond donors (Lipinski definition) is 2. The fraction of sp³-hybridized carbons (Fsp3) is 0.125. The van der Waals surface area contributed by atoms with Gasteiger partial charge in [0.1, 0.15) is 0 Å². The summed E-state index contributed by atoms with van der Waals surface area (Å²) >= 11 is 4.75. The van der Waals surface area contributed by atoms with E-state index in [9.17, 15) is 0 Å². The van der Waals surface area contributed by atoms with Gasteiger partial charge in [0.2, 0.25) is 0 Å². The zero-order valence-electron chi connectivity index (χ0n) is 6.34. The monoisotopic (exact) mass is 170 g/mol. The summed E-state index contributed by atoms with van der Waals surface area (Å²) in [6.45, 7) is 0. The number of hydrogen-bond acceptors (Lipinski definition) is 2. The normalized spacial score (nSPS) is 7.82. The van der Waals surface area contributed by atoms with Crippen molar-refractivity contribution in [1.82, 2.24) is 4.84 Å². The Labute approximate surface area is 71.8 Å². The molecular weight excluding hydrogens is 160 g/mol. The van der Waals surface area contributed by atoms with Crippen molar-refractivity contribution in [2.75, 3.05) is 7.05 Å². The van der Waals surface area contributed by atoms with Crippen molar-refractivity contribution >= 4 is 18.0 Å². The second-order valence-electron chi connectivity index (χ2n) is 1.74. The quantitative estimate of drug-likeness (QED) is 0.491. The van der Waals surface area contributed by atoms with Gasteiger partial charge in [-0.3, -0.25) is 0 Å². The molecule has 0 saturated heterocycles. The minimum atomic E-state index is 0.951. The molecule has 0 aliphatic carbocycles. The Bertz CT molecular complexity index is 187. The van der Waals surface area contributed by atoms with Crippen LogP contribution in [0.5, 0.6) is 0 Å². The summed E-state index contributed by atoms with van der Waals surface area (Å²) in [5.74, 6) is 0. The molecule has 0 aliphatic rings. The van der Waals surface area contributed by atoms with Gasteiger partial charge in [-0.25, -0.2) is 4.84 Å². The summed E-state index contributed by atoms with van der Waals surface area (Å²) in [6, 6.07) is 9.56. The van der Waals surface area contributed by atoms with Crippen LogP contribution in [0, 0.1) is 5.41 Å². The number of benzene rings is 1. The van der Waals surface area contributed by atoms with Crippen LogP contribution in [0.2, 0.25) is 0 Å². The Morgan fingerprint density at radius 1 is 1.36 bits per heavy atom. The van der Waals surface area contributed by atoms with Crippen molar-refractivity contribution in [2.24, 2.45) is 0 Å². The fourth-order valence-electron chi connectivity index (χ4n) is 0.549. The van der Waals surface area contributed by atoms with Crippen LogP contribution in [0.25, 0.3) is 0 Å². The molecular formula is C8H11ClN2. The molecule has 0 unspecified atom stereocenters. The average molecular weight is 171 g/mol. The van der Waals surface area contributed by atoms with E-state index in [2.05, 4.69) is 4.84 Å². The molecule has 2 nitrogen and oxygen atoms in total. The smallest absolute Gasteiger partial charge is 0.0250 e. The number of nitrogens with one attached hydrogen (secondary N) is 2. The van der Waals surface area contributed by atoms with Crippen molar-refractivity contribution < 1.29 is 0 Å². The molecule has 0 saturated carbocycles. The van der Waals surface area contributed by atoms with E-state index in [0.717, 1.165) is 5.56 Å². The van der Waals surface area contributed by atoms with E-state index in [1.165, 1.54) is 6.21 Å². The Morgan fingerprint density at radius 2 is 1.82 bits per heavy atom. The SMILES string of the molecule is CNCl.N=Cc1ccccc1. The van der Waals surface area contributed by atoms with Gasteiger partial charge in [0.15, 0.2) is 0 Å². The molecule has 0 heterocycles. The Balaban J connectivity index is 0.000000292. The van der Waals surface area contributed by atoms with Gasteiger partial charge in [-0.05, 0) is 24.4 Å². The van der Waals surface area contributed by atoms with Crippen molar-refractivity contribution in [3.63, 3.8) is 0 Å². The van der Waals surface area contributed by atoms with E-state index < -0.39 is 0 Å². The first-order chi connectivity index (χ1) is 5.35. The maximum absolute atomic E-state index is 6.82. The third-order valence-corrected chi connectivity index (χ3v) is 0.966. The van der Waals surface area contributed by atoms with Crippen molar-refractivity contribution in [1.29, 1.82) is 5.41 Å². The Morgan fingerprint density at radius 3 is 2.09 bits per heavy atom. The van der Waals surface area contributed by atoms with Crippen LogP contribution in [-0.2, 0) is 0 Å². The standard InChI is InChI=1S/C7H7N.CH4ClN/c8-6-7-4-2-1-3-5-7;1-3-2/h1-6,8H;3H,1H3. The highest BCUT2D eigenvalue weighted by Crippen LogP contribution is 1.91. The van der Waals surface area contributed by atoms with Gasteiger partial charge in [0.25, 0.3) is 0 Å². The predicted molar refractivity (Wildman–Crippen MR) is 49.2 cm³/mol. The van der Waals surface area contributed by atoms with Gasteiger partial charge in [-0.15, -0.1) is 0 Å². The summed E-state index contributed by atoms with van der Waals surface area (Å²) in [6.07, 6.45) is 1.33. The van der Waals surface area contributed by atoms with Crippen LogP contribution < -0.4 is 4.84 Å². The maximum Gasteiger partial charge on any atom is 0.0250 e. The van der Waals surface area contributed by atoms with Gasteiger partial charge in [0.05, 0.1) is 0 Å². The van der Waals surface area contributed by atoms with E-state index in [4.69, 9.17) is 17.2 Å². The summed E-state index contributed by atoms with van der Waals surface area (Å²) in [5.41, 5.74) is 0.951. The van der Waals surface area contributed by atoms with E-state index in [-0.39, 0.29) is 0 Å². The molecule has 60 valence electrons. The zero-order chi connectivity index (χ0) is 8.53. The topological polar surface area (TPSA) is 35.9 Å². The molecule has 1 aromatic carbocycles. The van der Waals surface area contributed by atoms with Gasteiger partial charge in [-0.2, -0.15) is 0 Å². The summed E-state index contributed by atoms with van der Waals surface area (Å²) in [5, 5.41) is 6.82. The largest absolute Gasteiger partial charge is 0.308 e. The molecule has 1 rings (SSSR count). The lowest BCUT2D eigenvalue weighted by Crippen LogP contribution is -1.76. The lowest BCUT2D eigenvalue weighted by molar-refractivity contribution is 1.28. The highest BCUT2D eigenvalue weighted by Gasteiger charge is 1.77. The second kappa shape index (κ2) is 7.25. The molecule has 0 bridgehead atoms. The molecule has 0 aromatic heterocycles. The van der Waals surface area contributed by atoms with Crippen LogP contribution in [0.15, 0.2) is 30.3 Å². The Hall–Kier alpha value is -0.860. The fourth-order valence-corrected chi connectivity index (χ4v) is 0.549. The Kier molecular flexibility index (Phi) is 6.68. The first kappa shape index (κ1) is 10.1. The molecule has 3 heteroatoms. The van der Waals surface area contributed by atoms with Crippen molar-refractivity contribution in [3.8, 4) is 0 Å². The van der Waals surface area contributed by atoms with Gasteiger partial charge < -0.3 is 5.41 Å².